The molecule has 0 saturated heterocycles. The number of nitrogens with one attached hydrogen (secondary N) is 6. The van der Waals surface area contributed by atoms with Gasteiger partial charge in [0.25, 0.3) is 0 Å². The third kappa shape index (κ3) is 54.1. The van der Waals surface area contributed by atoms with Gasteiger partial charge in [-0.1, -0.05) is 6.92 Å². The van der Waals surface area contributed by atoms with Crippen LogP contribution >= 0.6 is 23.5 Å². The highest BCUT2D eigenvalue weighted by molar-refractivity contribution is 7.46. The highest BCUT2D eigenvalue weighted by atomic mass is 31.2. The molecule has 42 nitrogen and oxygen atoms in total. The van der Waals surface area contributed by atoms with Crippen molar-refractivity contribution < 1.29 is 174 Å². The van der Waals surface area contributed by atoms with E-state index in [1.165, 1.54) is 21.3 Å². The maximum absolute atomic E-state index is 12.7. The lowest BCUT2D eigenvalue weighted by atomic mass is 9.94. The SMILES string of the molecule is COC(OCCCCC(=O)NCCCNC(=O)CCOCC(C)(COCCC(=O)NCCCNC(=O)CCCCOC(OC)C(O)C(O)C(O)CCOP(=O)(O)O)COCCC(=O)NCCCNC(=O)CCCCOC(OC)C(O)C(O)C(O)CCOP(=O)(O)O)C(O)C(O)C(O)CCOP(=O)(O)O. The zero-order chi connectivity index (χ0) is 78.6. The number of hydrogen-bond acceptors (Lipinski definition) is 30. The molecule has 0 heterocycles. The lowest BCUT2D eigenvalue weighted by Gasteiger charge is -2.29. The summed E-state index contributed by atoms with van der Waals surface area (Å²) in [5, 5.41) is 108. The number of phosphoric acid groups is 3. The molecule has 0 aliphatic carbocycles. The van der Waals surface area contributed by atoms with Crippen LogP contribution in [0.5, 0.6) is 0 Å². The molecular formula is C59H117N6O36P3. The number of rotatable bonds is 69. The van der Waals surface area contributed by atoms with Crippen LogP contribution in [0, 0.1) is 5.41 Å². The zero-order valence-electron chi connectivity index (χ0n) is 59.5. The lowest BCUT2D eigenvalue weighted by Crippen LogP contribution is -2.46. The van der Waals surface area contributed by atoms with Crippen molar-refractivity contribution in [3.05, 3.63) is 0 Å². The molecule has 0 aliphatic heterocycles. The normalized spacial score (nSPS) is 16.3. The van der Waals surface area contributed by atoms with Crippen molar-refractivity contribution in [2.75, 3.05) is 140 Å². The van der Waals surface area contributed by atoms with Crippen molar-refractivity contribution >= 4 is 58.9 Å². The minimum absolute atomic E-state index is 0.00586. The Kier molecular flexibility index (Phi) is 56.4. The summed E-state index contributed by atoms with van der Waals surface area (Å²) in [5.74, 6) is -1.76. The van der Waals surface area contributed by atoms with Crippen LogP contribution in [0.2, 0.25) is 0 Å². The summed E-state index contributed by atoms with van der Waals surface area (Å²) >= 11 is 0. The summed E-state index contributed by atoms with van der Waals surface area (Å²) < 4.78 is 94.2. The molecule has 614 valence electrons. The predicted octanol–water partition coefficient (Wildman–Crippen LogP) is -4.70. The van der Waals surface area contributed by atoms with E-state index in [1.807, 2.05) is 0 Å². The fraction of sp³-hybridized carbons (Fsp3) is 0.898. The second-order valence-corrected chi connectivity index (χ2v) is 27.9. The molecule has 0 aromatic heterocycles. The fourth-order valence-corrected chi connectivity index (χ4v) is 10.0. The number of unbranched alkanes of at least 4 members (excludes halogenated alkanes) is 3. The smallest absolute Gasteiger partial charge is 0.390 e. The number of carbonyl (C=O) groups is 6. The first-order chi connectivity index (χ1) is 49.0. The van der Waals surface area contributed by atoms with Gasteiger partial charge in [-0.25, -0.2) is 13.7 Å². The average molecular weight is 1580 g/mol. The van der Waals surface area contributed by atoms with Crippen molar-refractivity contribution in [1.29, 1.82) is 0 Å². The summed E-state index contributed by atoms with van der Waals surface area (Å²) in [4.78, 5) is 128. The van der Waals surface area contributed by atoms with E-state index >= 15 is 0 Å². The van der Waals surface area contributed by atoms with E-state index in [1.54, 1.807) is 6.92 Å². The molecule has 0 bridgehead atoms. The monoisotopic (exact) mass is 1580 g/mol. The van der Waals surface area contributed by atoms with Crippen molar-refractivity contribution in [3.63, 3.8) is 0 Å². The average Bonchev–Trinajstić information content (AvgIpc) is 0.920. The molecule has 0 saturated carbocycles. The van der Waals surface area contributed by atoms with Gasteiger partial charge in [0.1, 0.15) is 36.6 Å². The number of hydrogen-bond donors (Lipinski definition) is 21. The van der Waals surface area contributed by atoms with E-state index in [0.717, 1.165) is 0 Å². The predicted molar refractivity (Wildman–Crippen MR) is 360 cm³/mol. The molecule has 12 atom stereocenters. The standard InChI is InChI=1S/C59H117N6O36P3/c1-59(38-93-32-20-47(72)63-26-11-23-60-44(69)14-5-8-29-96-56(90-2)53(78)50(75)41(66)17-35-99-102(81,82)83,39-94-33-21-48(73)64-27-12-24-61-45(70)15-6-9-30-97-57(91-3)54(79)51(76)42(67)18-36-100-103(84,85)86)40-95-34-22-49(74)65-28-13-25-62-46(71)16-7-10-31-98-58(92-4)55(80)52(77)43(68)19-37-101-104(87,88)89/h41-43,50-58,66-68,75-80H,5-40H2,1-4H3,(H,60,69)(H,61,70)(H,62,71)(H,63,72)(H,64,73)(H,65,74)(H2,81,82,83)(H2,84,85,86)(H2,87,88,89). The number of methoxy groups -OCH3 is 3. The van der Waals surface area contributed by atoms with Crippen LogP contribution in [0.4, 0.5) is 0 Å². The Labute approximate surface area is 604 Å². The number of aliphatic hydroxyl groups is 9. The molecule has 6 amide bonds. The number of phosphoric ester groups is 3. The van der Waals surface area contributed by atoms with E-state index in [0.29, 0.717) is 57.8 Å². The molecule has 0 aromatic rings. The summed E-state index contributed by atoms with van der Waals surface area (Å²) in [5.41, 5.74) is -0.828. The molecule has 0 aromatic carbocycles. The molecule has 0 radical (unpaired) electrons. The van der Waals surface area contributed by atoms with E-state index in [2.05, 4.69) is 45.5 Å². The number of carbonyl (C=O) groups excluding carboxylic acids is 6. The Bertz CT molecular complexity index is 2200. The van der Waals surface area contributed by atoms with Crippen molar-refractivity contribution in [1.82, 2.24) is 31.9 Å². The second-order valence-electron chi connectivity index (χ2n) is 24.2. The van der Waals surface area contributed by atoms with Gasteiger partial charge in [-0.2, -0.15) is 0 Å². The molecular weight excluding hydrogens is 1460 g/mol. The second kappa shape index (κ2) is 58.4. The first-order valence-corrected chi connectivity index (χ1v) is 38.6. The van der Waals surface area contributed by atoms with Crippen LogP contribution in [0.25, 0.3) is 0 Å². The molecule has 0 rings (SSSR count). The van der Waals surface area contributed by atoms with E-state index in [4.69, 9.17) is 72.0 Å². The quantitative estimate of drug-likeness (QED) is 0.0155. The van der Waals surface area contributed by atoms with E-state index in [-0.39, 0.29) is 173 Å². The van der Waals surface area contributed by atoms with Crippen molar-refractivity contribution in [3.8, 4) is 0 Å². The summed E-state index contributed by atoms with van der Waals surface area (Å²) in [6.07, 6.45) is -17.0. The van der Waals surface area contributed by atoms with E-state index in [9.17, 15) is 88.4 Å². The van der Waals surface area contributed by atoms with Crippen LogP contribution < -0.4 is 31.9 Å². The first kappa shape index (κ1) is 100. The molecule has 0 spiro atoms. The van der Waals surface area contributed by atoms with Gasteiger partial charge in [0.05, 0.1) is 77.8 Å². The first-order valence-electron chi connectivity index (χ1n) is 34.0. The maximum Gasteiger partial charge on any atom is 0.469 e. The maximum atomic E-state index is 12.7. The molecule has 104 heavy (non-hydrogen) atoms. The Hall–Kier alpha value is -3.57. The van der Waals surface area contributed by atoms with Crippen LogP contribution in [0.3, 0.4) is 0 Å². The molecule has 12 unspecified atom stereocenters. The highest BCUT2D eigenvalue weighted by Crippen LogP contribution is 2.37. The minimum Gasteiger partial charge on any atom is -0.390 e. The highest BCUT2D eigenvalue weighted by Gasteiger charge is 2.36. The van der Waals surface area contributed by atoms with Crippen LogP contribution in [-0.4, -0.2) is 324 Å². The minimum atomic E-state index is -4.79. The van der Waals surface area contributed by atoms with Crippen molar-refractivity contribution in [2.45, 2.75) is 196 Å². The molecule has 21 N–H and O–H groups in total. The summed E-state index contributed by atoms with van der Waals surface area (Å²) in [6.45, 7) is 1.68. The van der Waals surface area contributed by atoms with Gasteiger partial charge in [-0.3, -0.25) is 42.3 Å². The van der Waals surface area contributed by atoms with Gasteiger partial charge in [-0.15, -0.1) is 0 Å². The lowest BCUT2D eigenvalue weighted by molar-refractivity contribution is -0.216. The Morgan fingerprint density at radius 3 is 0.750 bits per heavy atom. The Balaban J connectivity index is 4.99. The third-order valence-corrected chi connectivity index (χ3v) is 16.3. The van der Waals surface area contributed by atoms with Gasteiger partial charge in [0.2, 0.25) is 35.4 Å². The zero-order valence-corrected chi connectivity index (χ0v) is 62.2. The third-order valence-electron chi connectivity index (χ3n) is 14.8. The molecule has 45 heteroatoms. The van der Waals surface area contributed by atoms with Crippen molar-refractivity contribution in [2.24, 2.45) is 5.41 Å². The Morgan fingerprint density at radius 1 is 0.317 bits per heavy atom. The topological polar surface area (TPSA) is 640 Å². The number of ether oxygens (including phenoxy) is 9. The van der Waals surface area contributed by atoms with Crippen LogP contribution in [0.15, 0.2) is 0 Å². The van der Waals surface area contributed by atoms with Gasteiger partial charge in [0, 0.05) is 124 Å². The van der Waals surface area contributed by atoms with Crippen LogP contribution in [0.1, 0.15) is 122 Å². The number of amides is 6. The molecule has 0 fully saturated rings. The van der Waals surface area contributed by atoms with E-state index < -0.39 is 142 Å². The van der Waals surface area contributed by atoms with Gasteiger partial charge in [0.15, 0.2) is 18.9 Å². The molecule has 0 aliphatic rings. The fourth-order valence-electron chi connectivity index (χ4n) is 8.97. The summed E-state index contributed by atoms with van der Waals surface area (Å²) in [6, 6.07) is 0. The van der Waals surface area contributed by atoms with Gasteiger partial charge >= 0.3 is 23.5 Å². The largest absolute Gasteiger partial charge is 0.469 e. The van der Waals surface area contributed by atoms with Gasteiger partial charge < -0.3 is 150 Å². The Morgan fingerprint density at radius 2 is 0.538 bits per heavy atom. The van der Waals surface area contributed by atoms with Crippen LogP contribution in [-0.2, 0) is 98.7 Å². The summed E-state index contributed by atoms with van der Waals surface area (Å²) in [7, 11) is -10.8. The number of aliphatic hydroxyl groups excluding tert-OH is 9. The van der Waals surface area contributed by atoms with Gasteiger partial charge in [-0.05, 0) is 77.0 Å².